The van der Waals surface area contributed by atoms with Crippen molar-refractivity contribution in [1.29, 1.82) is 0 Å². The predicted molar refractivity (Wildman–Crippen MR) is 88.9 cm³/mol. The van der Waals surface area contributed by atoms with Crippen LogP contribution in [0.2, 0.25) is 5.02 Å². The van der Waals surface area contributed by atoms with Crippen LogP contribution >= 0.6 is 11.6 Å². The second-order valence-corrected chi connectivity index (χ2v) is 6.15. The Balaban J connectivity index is 1.80. The number of carboxylic acid groups (broad SMARTS) is 1. The Kier molecular flexibility index (Phi) is 3.54. The molecule has 2 heterocycles. The summed E-state index contributed by atoms with van der Waals surface area (Å²) in [6, 6.07) is 8.98. The number of hydrogen-bond acceptors (Lipinski definition) is 4. The molecule has 4 rings (SSSR count). The van der Waals surface area contributed by atoms with Gasteiger partial charge in [0.2, 0.25) is 0 Å². The highest BCUT2D eigenvalue weighted by molar-refractivity contribution is 6.30. The molecule has 0 atom stereocenters. The summed E-state index contributed by atoms with van der Waals surface area (Å²) in [5, 5.41) is 14.3. The fourth-order valence-electron chi connectivity index (χ4n) is 2.45. The van der Waals surface area contributed by atoms with Crippen LogP contribution in [0.15, 0.2) is 42.7 Å². The predicted octanol–water partition coefficient (Wildman–Crippen LogP) is 3.69. The molecule has 6 nitrogen and oxygen atoms in total. The third kappa shape index (κ3) is 2.88. The summed E-state index contributed by atoms with van der Waals surface area (Å²) in [5.41, 5.74) is 1.97. The maximum absolute atomic E-state index is 11.4. The number of halogens is 1. The SMILES string of the molecule is O=C(O)c1cc(-c2ccc(Cl)cc2)nc(-c2cnn(C3CC3)c2)n1. The van der Waals surface area contributed by atoms with Crippen LogP contribution in [0.5, 0.6) is 0 Å². The normalized spacial score (nSPS) is 13.9. The number of carbonyl (C=O) groups is 1. The molecule has 2 aromatic heterocycles. The molecule has 1 saturated carbocycles. The molecule has 0 spiro atoms. The molecule has 0 aliphatic heterocycles. The summed E-state index contributed by atoms with van der Waals surface area (Å²) in [7, 11) is 0. The third-order valence-electron chi connectivity index (χ3n) is 3.87. The standard InChI is InChI=1S/C17H13ClN4O2/c18-12-3-1-10(2-4-12)14-7-15(17(23)24)21-16(20-14)11-8-19-22(9-11)13-5-6-13/h1-4,7-9,13H,5-6H2,(H,23,24). The number of carboxylic acids is 1. The first-order valence-electron chi connectivity index (χ1n) is 7.53. The maximum Gasteiger partial charge on any atom is 0.354 e. The number of aromatic carboxylic acids is 1. The van der Waals surface area contributed by atoms with Crippen LogP contribution in [-0.4, -0.2) is 30.8 Å². The van der Waals surface area contributed by atoms with Gasteiger partial charge in [-0.25, -0.2) is 14.8 Å². The lowest BCUT2D eigenvalue weighted by Gasteiger charge is -2.05. The average molecular weight is 341 g/mol. The summed E-state index contributed by atoms with van der Waals surface area (Å²) in [6.45, 7) is 0. The Morgan fingerprint density at radius 2 is 1.92 bits per heavy atom. The van der Waals surface area contributed by atoms with E-state index in [0.717, 1.165) is 18.4 Å². The van der Waals surface area contributed by atoms with Crippen LogP contribution in [0.3, 0.4) is 0 Å². The number of hydrogen-bond donors (Lipinski definition) is 1. The Bertz CT molecular complexity index is 917. The van der Waals surface area contributed by atoms with Gasteiger partial charge in [0.15, 0.2) is 11.5 Å². The van der Waals surface area contributed by atoms with Crippen LogP contribution in [0, 0.1) is 0 Å². The van der Waals surface area contributed by atoms with E-state index in [1.165, 1.54) is 6.07 Å². The van der Waals surface area contributed by atoms with Crippen molar-refractivity contribution in [2.24, 2.45) is 0 Å². The van der Waals surface area contributed by atoms with Crippen molar-refractivity contribution >= 4 is 17.6 Å². The number of aromatic nitrogens is 4. The van der Waals surface area contributed by atoms with Crippen molar-refractivity contribution in [1.82, 2.24) is 19.7 Å². The lowest BCUT2D eigenvalue weighted by atomic mass is 10.1. The smallest absolute Gasteiger partial charge is 0.354 e. The van der Waals surface area contributed by atoms with E-state index in [9.17, 15) is 9.90 Å². The van der Waals surface area contributed by atoms with E-state index in [1.54, 1.807) is 30.5 Å². The monoisotopic (exact) mass is 340 g/mol. The first-order chi connectivity index (χ1) is 11.6. The Labute approximate surface area is 142 Å². The minimum absolute atomic E-state index is 0.0517. The summed E-state index contributed by atoms with van der Waals surface area (Å²) in [4.78, 5) is 20.1. The summed E-state index contributed by atoms with van der Waals surface area (Å²) in [6.07, 6.45) is 5.77. The van der Waals surface area contributed by atoms with Crippen molar-refractivity contribution in [3.8, 4) is 22.6 Å². The lowest BCUT2D eigenvalue weighted by Crippen LogP contribution is -2.04. The fraction of sp³-hybridized carbons (Fsp3) is 0.176. The van der Waals surface area contributed by atoms with Gasteiger partial charge in [-0.2, -0.15) is 5.10 Å². The van der Waals surface area contributed by atoms with Gasteiger partial charge in [0.1, 0.15) is 0 Å². The van der Waals surface area contributed by atoms with E-state index < -0.39 is 5.97 Å². The molecule has 1 N–H and O–H groups in total. The molecule has 0 bridgehead atoms. The highest BCUT2D eigenvalue weighted by Gasteiger charge is 2.25. The third-order valence-corrected chi connectivity index (χ3v) is 4.12. The molecule has 1 aliphatic rings. The highest BCUT2D eigenvalue weighted by Crippen LogP contribution is 2.35. The van der Waals surface area contributed by atoms with Gasteiger partial charge in [0.25, 0.3) is 0 Å². The number of benzene rings is 1. The zero-order valence-corrected chi connectivity index (χ0v) is 13.3. The van der Waals surface area contributed by atoms with Crippen molar-refractivity contribution in [2.75, 3.05) is 0 Å². The summed E-state index contributed by atoms with van der Waals surface area (Å²) >= 11 is 5.91. The summed E-state index contributed by atoms with van der Waals surface area (Å²) < 4.78 is 1.88. The zero-order chi connectivity index (χ0) is 16.7. The van der Waals surface area contributed by atoms with Gasteiger partial charge in [-0.1, -0.05) is 23.7 Å². The van der Waals surface area contributed by atoms with Gasteiger partial charge in [-0.3, -0.25) is 4.68 Å². The zero-order valence-electron chi connectivity index (χ0n) is 12.6. The van der Waals surface area contributed by atoms with Crippen molar-refractivity contribution in [3.63, 3.8) is 0 Å². The fourth-order valence-corrected chi connectivity index (χ4v) is 2.57. The maximum atomic E-state index is 11.4. The van der Waals surface area contributed by atoms with E-state index in [2.05, 4.69) is 15.1 Å². The van der Waals surface area contributed by atoms with Gasteiger partial charge in [-0.05, 0) is 31.0 Å². The van der Waals surface area contributed by atoms with Crippen molar-refractivity contribution in [2.45, 2.75) is 18.9 Å². The Hall–Kier alpha value is -2.73. The Morgan fingerprint density at radius 1 is 1.17 bits per heavy atom. The Morgan fingerprint density at radius 3 is 2.58 bits per heavy atom. The molecule has 120 valence electrons. The number of nitrogens with zero attached hydrogens (tertiary/aromatic N) is 4. The van der Waals surface area contributed by atoms with Crippen LogP contribution in [0.4, 0.5) is 0 Å². The minimum Gasteiger partial charge on any atom is -0.477 e. The van der Waals surface area contributed by atoms with E-state index in [1.807, 2.05) is 10.9 Å². The highest BCUT2D eigenvalue weighted by atomic mass is 35.5. The molecule has 1 aromatic carbocycles. The van der Waals surface area contributed by atoms with E-state index in [0.29, 0.717) is 28.1 Å². The van der Waals surface area contributed by atoms with Crippen molar-refractivity contribution < 1.29 is 9.90 Å². The van der Waals surface area contributed by atoms with Crippen LogP contribution < -0.4 is 0 Å². The first kappa shape index (κ1) is 14.8. The molecule has 0 saturated heterocycles. The summed E-state index contributed by atoms with van der Waals surface area (Å²) in [5.74, 6) is -0.741. The first-order valence-corrected chi connectivity index (χ1v) is 7.91. The quantitative estimate of drug-likeness (QED) is 0.783. The number of rotatable bonds is 4. The van der Waals surface area contributed by atoms with Crippen LogP contribution in [0.25, 0.3) is 22.6 Å². The van der Waals surface area contributed by atoms with Gasteiger partial charge in [0.05, 0.1) is 23.5 Å². The van der Waals surface area contributed by atoms with Gasteiger partial charge in [0, 0.05) is 16.8 Å². The van der Waals surface area contributed by atoms with Gasteiger partial charge in [-0.15, -0.1) is 0 Å². The van der Waals surface area contributed by atoms with Crippen LogP contribution in [-0.2, 0) is 0 Å². The molecule has 1 fully saturated rings. The molecule has 0 radical (unpaired) electrons. The van der Waals surface area contributed by atoms with Crippen molar-refractivity contribution in [3.05, 3.63) is 53.4 Å². The second-order valence-electron chi connectivity index (χ2n) is 5.71. The molecule has 0 unspecified atom stereocenters. The van der Waals surface area contributed by atoms with E-state index in [4.69, 9.17) is 11.6 Å². The van der Waals surface area contributed by atoms with E-state index in [-0.39, 0.29) is 5.69 Å². The molecule has 3 aromatic rings. The molecule has 0 amide bonds. The topological polar surface area (TPSA) is 80.9 Å². The van der Waals surface area contributed by atoms with Crippen LogP contribution in [0.1, 0.15) is 29.4 Å². The molecule has 24 heavy (non-hydrogen) atoms. The molecular weight excluding hydrogens is 328 g/mol. The van der Waals surface area contributed by atoms with Gasteiger partial charge < -0.3 is 5.11 Å². The largest absolute Gasteiger partial charge is 0.477 e. The second kappa shape index (κ2) is 5.72. The van der Waals surface area contributed by atoms with E-state index >= 15 is 0 Å². The molecule has 7 heteroatoms. The average Bonchev–Trinajstić information content (AvgIpc) is 3.32. The lowest BCUT2D eigenvalue weighted by molar-refractivity contribution is 0.0690. The minimum atomic E-state index is -1.09. The molecule has 1 aliphatic carbocycles. The molecular formula is C17H13ClN4O2. The van der Waals surface area contributed by atoms with Gasteiger partial charge >= 0.3 is 5.97 Å².